The van der Waals surface area contributed by atoms with Crippen molar-refractivity contribution in [2.24, 2.45) is 0 Å². The third-order valence-corrected chi connectivity index (χ3v) is 3.23. The molecule has 0 radical (unpaired) electrons. The zero-order chi connectivity index (χ0) is 15.6. The van der Waals surface area contributed by atoms with E-state index in [1.165, 1.54) is 24.4 Å². The number of aromatic hydroxyl groups is 1. The summed E-state index contributed by atoms with van der Waals surface area (Å²) in [6.07, 6.45) is 2.40. The van der Waals surface area contributed by atoms with Gasteiger partial charge >= 0.3 is 5.97 Å². The SMILES string of the molecule is O=C(Nc1c(Cl)ccc(Cl)c1C(=O)O)c1ccncc1O. The van der Waals surface area contributed by atoms with E-state index in [0.717, 1.165) is 6.20 Å². The van der Waals surface area contributed by atoms with Crippen LogP contribution >= 0.6 is 23.2 Å². The van der Waals surface area contributed by atoms with Gasteiger partial charge in [0.25, 0.3) is 5.91 Å². The molecule has 8 heteroatoms. The Bertz CT molecular complexity index is 734. The Morgan fingerprint density at radius 2 is 1.81 bits per heavy atom. The fraction of sp³-hybridized carbons (Fsp3) is 0. The van der Waals surface area contributed by atoms with Crippen LogP contribution < -0.4 is 5.32 Å². The molecule has 0 aliphatic rings. The molecule has 1 amide bonds. The van der Waals surface area contributed by atoms with Crippen molar-refractivity contribution in [1.82, 2.24) is 4.98 Å². The number of hydrogen-bond donors (Lipinski definition) is 3. The average molecular weight is 327 g/mol. The summed E-state index contributed by atoms with van der Waals surface area (Å²) in [4.78, 5) is 26.9. The number of carboxylic acid groups (broad SMARTS) is 1. The first-order valence-corrected chi connectivity index (χ1v) is 6.33. The molecule has 6 nitrogen and oxygen atoms in total. The Hall–Kier alpha value is -2.31. The number of hydrogen-bond acceptors (Lipinski definition) is 4. The number of nitrogens with one attached hydrogen (secondary N) is 1. The Balaban J connectivity index is 2.45. The molecule has 0 fully saturated rings. The fourth-order valence-electron chi connectivity index (χ4n) is 1.64. The van der Waals surface area contributed by atoms with Crippen LogP contribution in [0.3, 0.4) is 0 Å². The van der Waals surface area contributed by atoms with Crippen LogP contribution in [0.5, 0.6) is 5.75 Å². The summed E-state index contributed by atoms with van der Waals surface area (Å²) in [5.74, 6) is -2.41. The first kappa shape index (κ1) is 15.1. The molecule has 3 N–H and O–H groups in total. The highest BCUT2D eigenvalue weighted by molar-refractivity contribution is 6.38. The highest BCUT2D eigenvalue weighted by Gasteiger charge is 2.21. The molecule has 0 saturated heterocycles. The molecule has 108 valence electrons. The lowest BCUT2D eigenvalue weighted by Crippen LogP contribution is -2.16. The third-order valence-electron chi connectivity index (χ3n) is 2.60. The number of rotatable bonds is 3. The van der Waals surface area contributed by atoms with Gasteiger partial charge in [0, 0.05) is 6.20 Å². The second-order valence-corrected chi connectivity index (χ2v) is 4.75. The van der Waals surface area contributed by atoms with E-state index in [-0.39, 0.29) is 32.6 Å². The van der Waals surface area contributed by atoms with E-state index in [0.29, 0.717) is 0 Å². The van der Waals surface area contributed by atoms with Gasteiger partial charge in [-0.25, -0.2) is 4.79 Å². The highest BCUT2D eigenvalue weighted by atomic mass is 35.5. The van der Waals surface area contributed by atoms with Crippen molar-refractivity contribution in [3.63, 3.8) is 0 Å². The lowest BCUT2D eigenvalue weighted by Gasteiger charge is -2.12. The van der Waals surface area contributed by atoms with E-state index in [4.69, 9.17) is 28.3 Å². The summed E-state index contributed by atoms with van der Waals surface area (Å²) in [6, 6.07) is 3.95. The Morgan fingerprint density at radius 3 is 2.43 bits per heavy atom. The number of carbonyl (C=O) groups is 2. The quantitative estimate of drug-likeness (QED) is 0.804. The number of aromatic carboxylic acids is 1. The van der Waals surface area contributed by atoms with Gasteiger partial charge in [-0.3, -0.25) is 9.78 Å². The minimum absolute atomic E-state index is 0.0127. The van der Waals surface area contributed by atoms with Crippen molar-refractivity contribution in [2.75, 3.05) is 5.32 Å². The standard InChI is InChI=1S/C13H8Cl2N2O4/c14-7-1-2-8(15)11(10(7)13(20)21)17-12(19)6-3-4-16-5-9(6)18/h1-5,18H,(H,17,19)(H,20,21). The van der Waals surface area contributed by atoms with E-state index >= 15 is 0 Å². The van der Waals surface area contributed by atoms with Crippen LogP contribution in [0.1, 0.15) is 20.7 Å². The van der Waals surface area contributed by atoms with Crippen LogP contribution in [-0.4, -0.2) is 27.1 Å². The first-order chi connectivity index (χ1) is 9.91. The van der Waals surface area contributed by atoms with Crippen molar-refractivity contribution in [3.8, 4) is 5.75 Å². The van der Waals surface area contributed by atoms with Crippen molar-refractivity contribution in [3.05, 3.63) is 51.8 Å². The van der Waals surface area contributed by atoms with Gasteiger partial charge in [-0.2, -0.15) is 0 Å². The van der Waals surface area contributed by atoms with Gasteiger partial charge < -0.3 is 15.5 Å². The summed E-state index contributed by atoms with van der Waals surface area (Å²) < 4.78 is 0. The molecule has 2 aromatic rings. The van der Waals surface area contributed by atoms with Gasteiger partial charge in [0.15, 0.2) is 0 Å². The number of anilines is 1. The summed E-state index contributed by atoms with van der Waals surface area (Å²) in [7, 11) is 0. The normalized spacial score (nSPS) is 10.2. The number of nitrogens with zero attached hydrogens (tertiary/aromatic N) is 1. The second kappa shape index (κ2) is 5.99. The smallest absolute Gasteiger partial charge is 0.339 e. The second-order valence-electron chi connectivity index (χ2n) is 3.93. The van der Waals surface area contributed by atoms with Gasteiger partial charge in [-0.1, -0.05) is 23.2 Å². The van der Waals surface area contributed by atoms with E-state index in [1.54, 1.807) is 0 Å². The Labute approximate surface area is 129 Å². The van der Waals surface area contributed by atoms with Gasteiger partial charge in [-0.15, -0.1) is 0 Å². The number of amides is 1. The maximum Gasteiger partial charge on any atom is 0.339 e. The molecule has 2 rings (SSSR count). The lowest BCUT2D eigenvalue weighted by atomic mass is 10.1. The largest absolute Gasteiger partial charge is 0.505 e. The molecule has 1 aromatic carbocycles. The van der Waals surface area contributed by atoms with Crippen molar-refractivity contribution in [1.29, 1.82) is 0 Å². The topological polar surface area (TPSA) is 99.5 Å². The maximum absolute atomic E-state index is 12.1. The van der Waals surface area contributed by atoms with E-state index in [1.807, 2.05) is 0 Å². The number of halogens is 2. The predicted octanol–water partition coefficient (Wildman–Crippen LogP) is 3.04. The summed E-state index contributed by atoms with van der Waals surface area (Å²) in [6.45, 7) is 0. The Morgan fingerprint density at radius 1 is 1.14 bits per heavy atom. The monoisotopic (exact) mass is 326 g/mol. The summed E-state index contributed by atoms with van der Waals surface area (Å²) in [5.41, 5.74) is -0.540. The van der Waals surface area contributed by atoms with Crippen LogP contribution in [0.15, 0.2) is 30.6 Å². The van der Waals surface area contributed by atoms with E-state index < -0.39 is 11.9 Å². The van der Waals surface area contributed by atoms with Crippen LogP contribution in [-0.2, 0) is 0 Å². The number of benzene rings is 1. The zero-order valence-electron chi connectivity index (χ0n) is 10.3. The average Bonchev–Trinajstić information content (AvgIpc) is 2.43. The molecule has 1 heterocycles. The van der Waals surface area contributed by atoms with Gasteiger partial charge in [-0.05, 0) is 18.2 Å². The minimum atomic E-state index is -1.34. The first-order valence-electron chi connectivity index (χ1n) is 5.57. The minimum Gasteiger partial charge on any atom is -0.505 e. The molecule has 0 aliphatic carbocycles. The molecule has 0 saturated carbocycles. The zero-order valence-corrected chi connectivity index (χ0v) is 11.8. The van der Waals surface area contributed by atoms with Gasteiger partial charge in [0.05, 0.1) is 27.5 Å². The fourth-order valence-corrected chi connectivity index (χ4v) is 2.09. The molecule has 21 heavy (non-hydrogen) atoms. The molecule has 0 bridgehead atoms. The number of pyridine rings is 1. The van der Waals surface area contributed by atoms with E-state index in [2.05, 4.69) is 10.3 Å². The molecule has 0 aliphatic heterocycles. The predicted molar refractivity (Wildman–Crippen MR) is 77.3 cm³/mol. The van der Waals surface area contributed by atoms with Crippen LogP contribution in [0.2, 0.25) is 10.0 Å². The van der Waals surface area contributed by atoms with Crippen LogP contribution in [0.25, 0.3) is 0 Å². The molecule has 1 aromatic heterocycles. The summed E-state index contributed by atoms with van der Waals surface area (Å²) in [5, 5.41) is 21.0. The molecular formula is C13H8Cl2N2O4. The van der Waals surface area contributed by atoms with Crippen LogP contribution in [0, 0.1) is 0 Å². The number of aromatic nitrogens is 1. The van der Waals surface area contributed by atoms with Crippen molar-refractivity contribution in [2.45, 2.75) is 0 Å². The molecule has 0 unspecified atom stereocenters. The number of carbonyl (C=O) groups excluding carboxylic acids is 1. The van der Waals surface area contributed by atoms with Gasteiger partial charge in [0.2, 0.25) is 0 Å². The lowest BCUT2D eigenvalue weighted by molar-refractivity contribution is 0.0698. The molecular weight excluding hydrogens is 319 g/mol. The van der Waals surface area contributed by atoms with Crippen LogP contribution in [0.4, 0.5) is 5.69 Å². The maximum atomic E-state index is 12.1. The molecule has 0 spiro atoms. The summed E-state index contributed by atoms with van der Waals surface area (Å²) >= 11 is 11.7. The molecule has 0 atom stereocenters. The third kappa shape index (κ3) is 3.07. The van der Waals surface area contributed by atoms with Crippen molar-refractivity contribution < 1.29 is 19.8 Å². The number of carboxylic acids is 1. The highest BCUT2D eigenvalue weighted by Crippen LogP contribution is 2.32. The van der Waals surface area contributed by atoms with Gasteiger partial charge in [0.1, 0.15) is 11.3 Å². The van der Waals surface area contributed by atoms with Crippen molar-refractivity contribution >= 4 is 40.8 Å². The Kier molecular flexibility index (Phi) is 4.30. The van der Waals surface area contributed by atoms with E-state index in [9.17, 15) is 14.7 Å².